The maximum Gasteiger partial charge on any atom is 0.268 e. The summed E-state index contributed by atoms with van der Waals surface area (Å²) in [5, 5.41) is 4.90. The lowest BCUT2D eigenvalue weighted by molar-refractivity contribution is 0.0945. The third-order valence-corrected chi connectivity index (χ3v) is 7.24. The molecule has 0 saturated carbocycles. The van der Waals surface area contributed by atoms with Crippen LogP contribution in [-0.2, 0) is 13.0 Å². The predicted molar refractivity (Wildman–Crippen MR) is 157 cm³/mol. The summed E-state index contributed by atoms with van der Waals surface area (Å²) in [6.07, 6.45) is 1.48. The van der Waals surface area contributed by atoms with E-state index in [-0.39, 0.29) is 5.91 Å². The summed E-state index contributed by atoms with van der Waals surface area (Å²) in [5.74, 6) is 2.22. The van der Waals surface area contributed by atoms with Crippen LogP contribution in [0.1, 0.15) is 39.2 Å². The first kappa shape index (κ1) is 26.4. The molecular formula is C33H31ClN2O3. The molecule has 4 aromatic carbocycles. The highest BCUT2D eigenvalue weighted by atomic mass is 35.5. The molecule has 0 aliphatic heterocycles. The second-order valence-corrected chi connectivity index (χ2v) is 9.97. The summed E-state index contributed by atoms with van der Waals surface area (Å²) in [6, 6.07) is 29.3. The summed E-state index contributed by atoms with van der Waals surface area (Å²) in [7, 11) is 0. The standard InChI is InChI=1S/C33H31ClN2O3/c1-22-19-27(20-23(2)31(22)34)38-18-8-12-29-28-11-6-7-13-30(28)36-32(29)33(37)35-21-24-14-16-26(17-15-24)39-25-9-4-3-5-10-25/h3-7,9-11,13-17,19-20,36H,8,12,18,21H2,1-2H3,(H,35,37). The smallest absolute Gasteiger partial charge is 0.268 e. The molecule has 0 spiro atoms. The highest BCUT2D eigenvalue weighted by molar-refractivity contribution is 6.32. The van der Waals surface area contributed by atoms with Gasteiger partial charge in [-0.2, -0.15) is 0 Å². The number of hydrogen-bond acceptors (Lipinski definition) is 3. The topological polar surface area (TPSA) is 63.4 Å². The number of ether oxygens (including phenoxy) is 2. The van der Waals surface area contributed by atoms with Crippen LogP contribution in [-0.4, -0.2) is 17.5 Å². The minimum Gasteiger partial charge on any atom is -0.494 e. The normalized spacial score (nSPS) is 10.9. The van der Waals surface area contributed by atoms with Crippen LogP contribution in [0.25, 0.3) is 10.9 Å². The van der Waals surface area contributed by atoms with Crippen molar-refractivity contribution in [1.82, 2.24) is 10.3 Å². The molecule has 39 heavy (non-hydrogen) atoms. The Kier molecular flexibility index (Phi) is 8.18. The number of H-pyrrole nitrogens is 1. The molecule has 5 aromatic rings. The maximum atomic E-state index is 13.3. The Labute approximate surface area is 233 Å². The first-order valence-corrected chi connectivity index (χ1v) is 13.4. The molecule has 1 amide bonds. The van der Waals surface area contributed by atoms with Gasteiger partial charge in [0, 0.05) is 22.5 Å². The molecule has 0 aliphatic carbocycles. The molecular weight excluding hydrogens is 508 g/mol. The van der Waals surface area contributed by atoms with Crippen molar-refractivity contribution in [2.24, 2.45) is 0 Å². The van der Waals surface area contributed by atoms with Gasteiger partial charge in [-0.1, -0.05) is 60.1 Å². The van der Waals surface area contributed by atoms with Crippen LogP contribution in [0.5, 0.6) is 17.2 Å². The van der Waals surface area contributed by atoms with Crippen molar-refractivity contribution in [3.63, 3.8) is 0 Å². The summed E-state index contributed by atoms with van der Waals surface area (Å²) >= 11 is 6.28. The van der Waals surface area contributed by atoms with Crippen LogP contribution in [0.3, 0.4) is 0 Å². The number of benzene rings is 4. The third kappa shape index (κ3) is 6.44. The quantitative estimate of drug-likeness (QED) is 0.176. The summed E-state index contributed by atoms with van der Waals surface area (Å²) < 4.78 is 11.9. The lowest BCUT2D eigenvalue weighted by atomic mass is 10.0. The van der Waals surface area contributed by atoms with Gasteiger partial charge in [0.05, 0.1) is 6.61 Å². The average Bonchev–Trinajstić information content (AvgIpc) is 3.32. The van der Waals surface area contributed by atoms with Crippen LogP contribution in [0.4, 0.5) is 0 Å². The average molecular weight is 539 g/mol. The lowest BCUT2D eigenvalue weighted by Crippen LogP contribution is -2.24. The number of amides is 1. The molecule has 0 unspecified atom stereocenters. The molecule has 1 heterocycles. The van der Waals surface area contributed by atoms with Crippen molar-refractivity contribution in [2.75, 3.05) is 6.61 Å². The Hall–Kier alpha value is -4.22. The van der Waals surface area contributed by atoms with Gasteiger partial charge in [-0.05, 0) is 91.4 Å². The second-order valence-electron chi connectivity index (χ2n) is 9.59. The Morgan fingerprint density at radius 3 is 2.26 bits per heavy atom. The van der Waals surface area contributed by atoms with E-state index >= 15 is 0 Å². The third-order valence-electron chi connectivity index (χ3n) is 6.65. The van der Waals surface area contributed by atoms with Crippen molar-refractivity contribution >= 4 is 28.4 Å². The number of aromatic nitrogens is 1. The molecule has 1 aromatic heterocycles. The molecule has 0 radical (unpaired) electrons. The van der Waals surface area contributed by atoms with Gasteiger partial charge in [-0.25, -0.2) is 0 Å². The Bertz CT molecular complexity index is 1550. The molecule has 0 saturated heterocycles. The van der Waals surface area contributed by atoms with Crippen molar-refractivity contribution in [1.29, 1.82) is 0 Å². The number of carbonyl (C=O) groups excluding carboxylic acids is 1. The number of rotatable bonds is 10. The monoisotopic (exact) mass is 538 g/mol. The number of nitrogens with one attached hydrogen (secondary N) is 2. The molecule has 5 nitrogen and oxygen atoms in total. The van der Waals surface area contributed by atoms with E-state index in [0.29, 0.717) is 25.3 Å². The van der Waals surface area contributed by atoms with E-state index in [1.165, 1.54) is 0 Å². The largest absolute Gasteiger partial charge is 0.494 e. The fourth-order valence-corrected chi connectivity index (χ4v) is 4.76. The van der Waals surface area contributed by atoms with Gasteiger partial charge in [0.15, 0.2) is 0 Å². The van der Waals surface area contributed by atoms with E-state index in [2.05, 4.69) is 16.4 Å². The van der Waals surface area contributed by atoms with Crippen molar-refractivity contribution in [2.45, 2.75) is 33.2 Å². The van der Waals surface area contributed by atoms with Crippen molar-refractivity contribution in [3.8, 4) is 17.2 Å². The highest BCUT2D eigenvalue weighted by Crippen LogP contribution is 2.27. The summed E-state index contributed by atoms with van der Waals surface area (Å²) in [5.41, 5.74) is 5.54. The van der Waals surface area contributed by atoms with E-state index in [0.717, 1.165) is 61.8 Å². The number of para-hydroxylation sites is 2. The van der Waals surface area contributed by atoms with E-state index < -0.39 is 0 Å². The molecule has 0 bridgehead atoms. The minimum absolute atomic E-state index is 0.129. The van der Waals surface area contributed by atoms with Gasteiger partial charge in [0.25, 0.3) is 5.91 Å². The molecule has 0 atom stereocenters. The molecule has 6 heteroatoms. The van der Waals surface area contributed by atoms with Gasteiger partial charge < -0.3 is 19.8 Å². The van der Waals surface area contributed by atoms with Gasteiger partial charge in [-0.3, -0.25) is 4.79 Å². The van der Waals surface area contributed by atoms with Crippen LogP contribution in [0.15, 0.2) is 91.0 Å². The first-order valence-electron chi connectivity index (χ1n) is 13.1. The van der Waals surface area contributed by atoms with Gasteiger partial charge >= 0.3 is 0 Å². The maximum absolute atomic E-state index is 13.3. The first-order chi connectivity index (χ1) is 19.0. The van der Waals surface area contributed by atoms with Gasteiger partial charge in [-0.15, -0.1) is 0 Å². The minimum atomic E-state index is -0.129. The van der Waals surface area contributed by atoms with E-state index in [1.807, 2.05) is 98.8 Å². The van der Waals surface area contributed by atoms with Crippen molar-refractivity contribution in [3.05, 3.63) is 124 Å². The molecule has 0 aliphatic rings. The Balaban J connectivity index is 1.22. The predicted octanol–water partition coefficient (Wildman–Crippen LogP) is 8.17. The Morgan fingerprint density at radius 2 is 1.51 bits per heavy atom. The van der Waals surface area contributed by atoms with E-state index in [4.69, 9.17) is 21.1 Å². The molecule has 2 N–H and O–H groups in total. The number of fused-ring (bicyclic) bond motifs is 1. The van der Waals surface area contributed by atoms with E-state index in [1.54, 1.807) is 0 Å². The molecule has 5 rings (SSSR count). The zero-order valence-corrected chi connectivity index (χ0v) is 22.8. The number of carbonyl (C=O) groups is 1. The van der Waals surface area contributed by atoms with Crippen molar-refractivity contribution < 1.29 is 14.3 Å². The molecule has 198 valence electrons. The highest BCUT2D eigenvalue weighted by Gasteiger charge is 2.17. The van der Waals surface area contributed by atoms with Crippen LogP contribution in [0.2, 0.25) is 5.02 Å². The zero-order valence-electron chi connectivity index (χ0n) is 22.1. The van der Waals surface area contributed by atoms with Crippen LogP contribution >= 0.6 is 11.6 Å². The van der Waals surface area contributed by atoms with Crippen LogP contribution < -0.4 is 14.8 Å². The second kappa shape index (κ2) is 12.1. The fraction of sp³-hybridized carbons (Fsp3) is 0.182. The number of hydrogen-bond donors (Lipinski definition) is 2. The number of aromatic amines is 1. The molecule has 0 fully saturated rings. The summed E-state index contributed by atoms with van der Waals surface area (Å²) in [6.45, 7) is 4.91. The fourth-order valence-electron chi connectivity index (χ4n) is 4.65. The lowest BCUT2D eigenvalue weighted by Gasteiger charge is -2.11. The zero-order chi connectivity index (χ0) is 27.2. The van der Waals surface area contributed by atoms with Gasteiger partial charge in [0.1, 0.15) is 22.9 Å². The summed E-state index contributed by atoms with van der Waals surface area (Å²) in [4.78, 5) is 16.6. The number of aryl methyl sites for hydroxylation is 3. The van der Waals surface area contributed by atoms with Gasteiger partial charge in [0.2, 0.25) is 0 Å². The van der Waals surface area contributed by atoms with Crippen LogP contribution in [0, 0.1) is 13.8 Å². The van der Waals surface area contributed by atoms with E-state index in [9.17, 15) is 4.79 Å². The SMILES string of the molecule is Cc1cc(OCCCc2c(C(=O)NCc3ccc(Oc4ccccc4)cc3)[nH]c3ccccc23)cc(C)c1Cl. The Morgan fingerprint density at radius 1 is 0.846 bits per heavy atom. The number of halogens is 1.